The fourth-order valence-electron chi connectivity index (χ4n) is 3.82. The average molecular weight is 491 g/mol. The number of nitrogens with one attached hydrogen (secondary N) is 1. The second kappa shape index (κ2) is 11.3. The molecule has 4 rings (SSSR count). The summed E-state index contributed by atoms with van der Waals surface area (Å²) in [6, 6.07) is 21.5. The Morgan fingerprint density at radius 2 is 1.79 bits per heavy atom. The summed E-state index contributed by atoms with van der Waals surface area (Å²) in [7, 11) is 1.62. The van der Waals surface area contributed by atoms with Crippen LogP contribution in [0.3, 0.4) is 0 Å². The van der Waals surface area contributed by atoms with Gasteiger partial charge in [0, 0.05) is 24.0 Å². The van der Waals surface area contributed by atoms with Gasteiger partial charge in [0.05, 0.1) is 12.0 Å². The Bertz CT molecular complexity index is 1230. The third kappa shape index (κ3) is 5.85. The molecule has 0 unspecified atom stereocenters. The first-order valence-electron chi connectivity index (χ1n) is 11.2. The highest BCUT2D eigenvalue weighted by molar-refractivity contribution is 8.26. The van der Waals surface area contributed by atoms with Crippen LogP contribution in [0, 0.1) is 0 Å². The predicted octanol–water partition coefficient (Wildman–Crippen LogP) is 6.25. The summed E-state index contributed by atoms with van der Waals surface area (Å²) in [4.78, 5) is 27.5. The first-order valence-corrected chi connectivity index (χ1v) is 12.4. The molecule has 1 heterocycles. The fraction of sp³-hybridized carbons (Fsp3) is 0.222. The first kappa shape index (κ1) is 24.0. The van der Waals surface area contributed by atoms with Gasteiger partial charge in [0.2, 0.25) is 5.91 Å². The molecular weight excluding hydrogens is 464 g/mol. The number of carbonyl (C=O) groups excluding carboxylic acids is 2. The van der Waals surface area contributed by atoms with Gasteiger partial charge in [-0.2, -0.15) is 0 Å². The molecule has 7 heteroatoms. The highest BCUT2D eigenvalue weighted by Gasteiger charge is 2.31. The van der Waals surface area contributed by atoms with Crippen LogP contribution in [0.1, 0.15) is 31.2 Å². The van der Waals surface area contributed by atoms with Crippen LogP contribution in [-0.2, 0) is 9.59 Å². The summed E-state index contributed by atoms with van der Waals surface area (Å²) in [6.07, 6.45) is 4.70. The van der Waals surface area contributed by atoms with E-state index in [0.29, 0.717) is 22.2 Å². The molecule has 0 bridgehead atoms. The minimum atomic E-state index is -0.0560. The van der Waals surface area contributed by atoms with Crippen LogP contribution in [0.5, 0.6) is 5.75 Å². The van der Waals surface area contributed by atoms with Gasteiger partial charge >= 0.3 is 0 Å². The van der Waals surface area contributed by atoms with Gasteiger partial charge < -0.3 is 10.1 Å². The number of carbonyl (C=O) groups is 2. The molecule has 0 radical (unpaired) electrons. The molecule has 34 heavy (non-hydrogen) atoms. The van der Waals surface area contributed by atoms with Crippen LogP contribution < -0.4 is 10.1 Å². The van der Waals surface area contributed by atoms with Crippen LogP contribution in [0.25, 0.3) is 16.8 Å². The molecule has 174 valence electrons. The van der Waals surface area contributed by atoms with Crippen molar-refractivity contribution in [3.8, 4) is 5.75 Å². The number of methoxy groups -OCH3 is 1. The van der Waals surface area contributed by atoms with Crippen molar-refractivity contribution < 1.29 is 14.3 Å². The van der Waals surface area contributed by atoms with Gasteiger partial charge in [0.25, 0.3) is 5.91 Å². The Hall–Kier alpha value is -3.16. The minimum absolute atomic E-state index is 0.00406. The molecule has 0 atom stereocenters. The number of benzene rings is 3. The summed E-state index contributed by atoms with van der Waals surface area (Å²) >= 11 is 6.76. The molecule has 0 saturated carbocycles. The van der Waals surface area contributed by atoms with Crippen molar-refractivity contribution in [2.45, 2.75) is 25.7 Å². The van der Waals surface area contributed by atoms with Gasteiger partial charge in [-0.1, -0.05) is 78.9 Å². The van der Waals surface area contributed by atoms with E-state index in [1.165, 1.54) is 11.8 Å². The average Bonchev–Trinajstić information content (AvgIpc) is 3.11. The summed E-state index contributed by atoms with van der Waals surface area (Å²) in [6.45, 7) is 0.565. The normalized spacial score (nSPS) is 14.7. The Kier molecular flexibility index (Phi) is 7.98. The zero-order chi connectivity index (χ0) is 23.9. The number of amides is 2. The maximum atomic E-state index is 12.8. The topological polar surface area (TPSA) is 58.6 Å². The molecule has 1 fully saturated rings. The van der Waals surface area contributed by atoms with Crippen molar-refractivity contribution in [1.29, 1.82) is 0 Å². The van der Waals surface area contributed by atoms with Gasteiger partial charge in [-0.15, -0.1) is 0 Å². The van der Waals surface area contributed by atoms with Crippen LogP contribution >= 0.6 is 24.0 Å². The third-order valence-corrected chi connectivity index (χ3v) is 7.01. The zero-order valence-electron chi connectivity index (χ0n) is 19.0. The van der Waals surface area contributed by atoms with Gasteiger partial charge in [-0.25, -0.2) is 0 Å². The highest BCUT2D eigenvalue weighted by Crippen LogP contribution is 2.33. The zero-order valence-corrected chi connectivity index (χ0v) is 20.6. The maximum absolute atomic E-state index is 12.8. The minimum Gasteiger partial charge on any atom is -0.497 e. The van der Waals surface area contributed by atoms with E-state index in [1.54, 1.807) is 12.0 Å². The molecule has 2 amide bonds. The Morgan fingerprint density at radius 3 is 2.59 bits per heavy atom. The molecule has 1 saturated heterocycles. The molecule has 3 aromatic carbocycles. The van der Waals surface area contributed by atoms with E-state index in [2.05, 4.69) is 5.32 Å². The molecule has 1 N–H and O–H groups in total. The lowest BCUT2D eigenvalue weighted by Gasteiger charge is -2.14. The number of thioether (sulfide) groups is 1. The van der Waals surface area contributed by atoms with Crippen molar-refractivity contribution in [3.63, 3.8) is 0 Å². The Labute approximate surface area is 209 Å². The number of hydrogen-bond donors (Lipinski definition) is 1. The van der Waals surface area contributed by atoms with Gasteiger partial charge in [0.1, 0.15) is 10.1 Å². The quantitative estimate of drug-likeness (QED) is 0.218. The van der Waals surface area contributed by atoms with Crippen LogP contribution in [0.4, 0.5) is 5.69 Å². The lowest BCUT2D eigenvalue weighted by Crippen LogP contribution is -2.29. The largest absolute Gasteiger partial charge is 0.497 e. The standard InChI is InChI=1S/C27H26N2O3S2/c1-32-21-15-13-19(14-16-21)18-24-26(31)29(27(33)34-24)17-6-2-3-12-25(30)28-23-11-7-9-20-8-4-5-10-22(20)23/h4-5,7-11,13-16,18H,2-3,6,12,17H2,1H3,(H,28,30). The summed E-state index contributed by atoms with van der Waals surface area (Å²) < 4.78 is 5.75. The molecule has 0 aliphatic carbocycles. The van der Waals surface area contributed by atoms with E-state index in [4.69, 9.17) is 17.0 Å². The lowest BCUT2D eigenvalue weighted by molar-refractivity contribution is -0.122. The first-order chi connectivity index (χ1) is 16.5. The Morgan fingerprint density at radius 1 is 1.03 bits per heavy atom. The summed E-state index contributed by atoms with van der Waals surface area (Å²) in [5, 5.41) is 5.16. The van der Waals surface area contributed by atoms with Gasteiger partial charge in [-0.05, 0) is 48.1 Å². The molecule has 1 aliphatic rings. The van der Waals surface area contributed by atoms with Crippen LogP contribution in [0.15, 0.2) is 71.6 Å². The number of unbranched alkanes of at least 4 members (excludes halogenated alkanes) is 2. The van der Waals surface area contributed by atoms with Gasteiger partial charge in [0.15, 0.2) is 0 Å². The van der Waals surface area contributed by atoms with Crippen molar-refractivity contribution in [2.75, 3.05) is 19.0 Å². The molecule has 1 aliphatic heterocycles. The van der Waals surface area contributed by atoms with E-state index >= 15 is 0 Å². The third-order valence-electron chi connectivity index (χ3n) is 5.64. The van der Waals surface area contributed by atoms with Crippen molar-refractivity contribution in [2.24, 2.45) is 0 Å². The number of ether oxygens (including phenoxy) is 1. The predicted molar refractivity (Wildman–Crippen MR) is 144 cm³/mol. The van der Waals surface area contributed by atoms with E-state index in [9.17, 15) is 9.59 Å². The smallest absolute Gasteiger partial charge is 0.266 e. The molecule has 3 aromatic rings. The lowest BCUT2D eigenvalue weighted by atomic mass is 10.1. The summed E-state index contributed by atoms with van der Waals surface area (Å²) in [5.74, 6) is 0.722. The molecular formula is C27H26N2O3S2. The van der Waals surface area contributed by atoms with Gasteiger partial charge in [-0.3, -0.25) is 14.5 Å². The maximum Gasteiger partial charge on any atom is 0.266 e. The second-order valence-corrected chi connectivity index (χ2v) is 9.67. The molecule has 0 aromatic heterocycles. The number of nitrogens with zero attached hydrogens (tertiary/aromatic N) is 1. The number of fused-ring (bicyclic) bond motifs is 1. The van der Waals surface area contributed by atoms with Crippen LogP contribution in [0.2, 0.25) is 0 Å². The second-order valence-electron chi connectivity index (χ2n) is 7.99. The number of rotatable bonds is 9. The van der Waals surface area contributed by atoms with Crippen molar-refractivity contribution >= 4 is 62.7 Å². The molecule has 0 spiro atoms. The van der Waals surface area contributed by atoms with E-state index in [1.807, 2.05) is 72.8 Å². The fourth-order valence-corrected chi connectivity index (χ4v) is 5.13. The van der Waals surface area contributed by atoms with E-state index in [0.717, 1.165) is 47.0 Å². The summed E-state index contributed by atoms with van der Waals surface area (Å²) in [5.41, 5.74) is 1.77. The highest BCUT2D eigenvalue weighted by atomic mass is 32.2. The Balaban J connectivity index is 1.22. The van der Waals surface area contributed by atoms with E-state index in [-0.39, 0.29) is 11.8 Å². The van der Waals surface area contributed by atoms with Crippen molar-refractivity contribution in [1.82, 2.24) is 4.90 Å². The molecule has 5 nitrogen and oxygen atoms in total. The van der Waals surface area contributed by atoms with Crippen molar-refractivity contribution in [3.05, 3.63) is 77.2 Å². The SMILES string of the molecule is COc1ccc(C=C2SC(=S)N(CCCCCC(=O)Nc3cccc4ccccc34)C2=O)cc1. The monoisotopic (exact) mass is 490 g/mol. The number of thiocarbonyl (C=S) groups is 1. The number of hydrogen-bond acceptors (Lipinski definition) is 5. The number of anilines is 1. The van der Waals surface area contributed by atoms with Crippen LogP contribution in [-0.4, -0.2) is 34.7 Å². The van der Waals surface area contributed by atoms with E-state index < -0.39 is 0 Å².